The molecule has 1 rings (SSSR count). The molecule has 0 saturated carbocycles. The van der Waals surface area contributed by atoms with Crippen molar-refractivity contribution in [2.45, 2.75) is 6.18 Å². The number of anilines is 1. The van der Waals surface area contributed by atoms with Gasteiger partial charge >= 0.3 is 6.18 Å². The second-order valence-corrected chi connectivity index (χ2v) is 2.49. The van der Waals surface area contributed by atoms with E-state index in [0.717, 1.165) is 12.1 Å². The highest BCUT2D eigenvalue weighted by Gasteiger charge is 2.30. The van der Waals surface area contributed by atoms with Crippen LogP contribution < -0.4 is 10.4 Å². The largest absolute Gasteiger partial charge is 0.416 e. The minimum Gasteiger partial charge on any atom is -0.308 e. The average molecular weight is 247 g/mol. The lowest BCUT2D eigenvalue weighted by Gasteiger charge is -2.08. The van der Waals surface area contributed by atoms with Crippen LogP contribution in [0, 0.1) is 0 Å². The van der Waals surface area contributed by atoms with E-state index in [2.05, 4.69) is 5.43 Å². The van der Waals surface area contributed by atoms with E-state index >= 15 is 0 Å². The van der Waals surface area contributed by atoms with Gasteiger partial charge in [-0.15, -0.1) is 17.4 Å². The summed E-state index contributed by atoms with van der Waals surface area (Å²) in [6, 6.07) is 4.69. The summed E-state index contributed by atoms with van der Waals surface area (Å²) in [6.45, 7) is 0. The summed E-state index contributed by atoms with van der Waals surface area (Å²) in [5.74, 6) is 0. The molecule has 0 amide bonds. The molecule has 14 heavy (non-hydrogen) atoms. The van der Waals surface area contributed by atoms with E-state index in [1.165, 1.54) is 12.1 Å². The smallest absolute Gasteiger partial charge is 0.308 e. The first-order valence-corrected chi connectivity index (χ1v) is 3.71. The van der Waals surface area contributed by atoms with E-state index in [9.17, 15) is 13.2 Å². The molecule has 7 heteroatoms. The van der Waals surface area contributed by atoms with Crippen molar-refractivity contribution in [2.75, 3.05) is 5.43 Å². The summed E-state index contributed by atoms with van der Waals surface area (Å²) in [5.41, 5.74) is 1.87. The highest BCUT2D eigenvalue weighted by atomic mass is 35.5. The third-order valence-electron chi connectivity index (χ3n) is 1.38. The molecule has 2 nitrogen and oxygen atoms in total. The van der Waals surface area contributed by atoms with Crippen molar-refractivity contribution in [2.24, 2.45) is 0 Å². The molecule has 0 fully saturated rings. The molecule has 2 N–H and O–H groups in total. The normalized spacial score (nSPS) is 10.6. The van der Waals surface area contributed by atoms with Gasteiger partial charge in [0.05, 0.1) is 11.3 Å². The van der Waals surface area contributed by atoms with Crippen LogP contribution in [-0.4, -0.2) is 0 Å². The number of nitrogens with one attached hydrogen (secondary N) is 2. The van der Waals surface area contributed by atoms with Gasteiger partial charge in [-0.05, 0) is 30.0 Å². The van der Waals surface area contributed by atoms with Gasteiger partial charge in [0.15, 0.2) is 0 Å². The number of alkyl halides is 3. The van der Waals surface area contributed by atoms with E-state index in [1.54, 1.807) is 0 Å². The molecule has 0 aliphatic carbocycles. The minimum atomic E-state index is -4.33. The van der Waals surface area contributed by atoms with Crippen molar-refractivity contribution >= 4 is 29.9 Å². The summed E-state index contributed by atoms with van der Waals surface area (Å²) >= 11 is 5.06. The second kappa shape index (κ2) is 5.29. The Hall–Kier alpha value is -0.650. The standard InChI is InChI=1S/C7H6ClF3N2.ClH/c8-13-12-6-3-1-2-5(4-6)7(9,10)11;/h1-4,12-13H;1H. The quantitative estimate of drug-likeness (QED) is 0.619. The lowest BCUT2D eigenvalue weighted by atomic mass is 10.2. The highest BCUT2D eigenvalue weighted by molar-refractivity contribution is 6.13. The fraction of sp³-hybridized carbons (Fsp3) is 0.143. The van der Waals surface area contributed by atoms with Gasteiger partial charge in [-0.3, -0.25) is 0 Å². The Balaban J connectivity index is 0.00000169. The monoisotopic (exact) mass is 246 g/mol. The lowest BCUT2D eigenvalue weighted by Crippen LogP contribution is -2.10. The first-order valence-electron chi connectivity index (χ1n) is 3.33. The molecule has 0 heterocycles. The molecule has 0 aromatic heterocycles. The molecule has 0 aliphatic heterocycles. The van der Waals surface area contributed by atoms with Crippen molar-refractivity contribution in [1.82, 2.24) is 4.94 Å². The van der Waals surface area contributed by atoms with E-state index in [4.69, 9.17) is 11.8 Å². The molecule has 0 saturated heterocycles. The van der Waals surface area contributed by atoms with Crippen LogP contribution in [0.2, 0.25) is 0 Å². The van der Waals surface area contributed by atoms with Crippen LogP contribution in [0.4, 0.5) is 18.9 Å². The first-order chi connectivity index (χ1) is 6.04. The van der Waals surface area contributed by atoms with Gasteiger partial charge in [-0.25, -0.2) is 0 Å². The number of hydrogen-bond acceptors (Lipinski definition) is 2. The Morgan fingerprint density at radius 3 is 2.36 bits per heavy atom. The fourth-order valence-electron chi connectivity index (χ4n) is 0.828. The molecule has 0 unspecified atom stereocenters. The first kappa shape index (κ1) is 13.4. The van der Waals surface area contributed by atoms with E-state index < -0.39 is 11.7 Å². The van der Waals surface area contributed by atoms with Gasteiger partial charge in [0.2, 0.25) is 0 Å². The van der Waals surface area contributed by atoms with E-state index in [1.807, 2.05) is 4.94 Å². The van der Waals surface area contributed by atoms with Crippen LogP contribution in [0.1, 0.15) is 5.56 Å². The summed E-state index contributed by atoms with van der Waals surface area (Å²) in [6.07, 6.45) is -4.33. The number of rotatable bonds is 2. The van der Waals surface area contributed by atoms with Gasteiger partial charge < -0.3 is 5.43 Å². The van der Waals surface area contributed by atoms with Gasteiger partial charge in [-0.1, -0.05) is 6.07 Å². The lowest BCUT2D eigenvalue weighted by molar-refractivity contribution is -0.137. The maximum Gasteiger partial charge on any atom is 0.416 e. The molecule has 0 aliphatic rings. The van der Waals surface area contributed by atoms with Gasteiger partial charge in [0.1, 0.15) is 0 Å². The summed E-state index contributed by atoms with van der Waals surface area (Å²) in [7, 11) is 0. The fourth-order valence-corrected chi connectivity index (χ4v) is 0.937. The predicted molar refractivity (Wildman–Crippen MR) is 51.3 cm³/mol. The molecule has 80 valence electrons. The van der Waals surface area contributed by atoms with Crippen molar-refractivity contribution in [1.29, 1.82) is 0 Å². The molecule has 0 bridgehead atoms. The number of benzene rings is 1. The number of hydrogen-bond donors (Lipinski definition) is 2. The van der Waals surface area contributed by atoms with E-state index in [-0.39, 0.29) is 18.1 Å². The molecule has 0 spiro atoms. The number of hydrazine groups is 1. The van der Waals surface area contributed by atoms with Crippen LogP contribution in [0.15, 0.2) is 24.3 Å². The zero-order chi connectivity index (χ0) is 9.90. The second-order valence-electron chi connectivity index (χ2n) is 2.30. The Kier molecular flexibility index (Phi) is 5.04. The van der Waals surface area contributed by atoms with Crippen molar-refractivity contribution in [3.05, 3.63) is 29.8 Å². The Morgan fingerprint density at radius 1 is 1.21 bits per heavy atom. The molecule has 0 radical (unpaired) electrons. The van der Waals surface area contributed by atoms with Crippen LogP contribution in [0.3, 0.4) is 0 Å². The van der Waals surface area contributed by atoms with Crippen LogP contribution in [-0.2, 0) is 6.18 Å². The third-order valence-corrected chi connectivity index (χ3v) is 1.48. The predicted octanol–water partition coefficient (Wildman–Crippen LogP) is 3.20. The Bertz CT molecular complexity index is 291. The summed E-state index contributed by atoms with van der Waals surface area (Å²) < 4.78 is 36.4. The van der Waals surface area contributed by atoms with Crippen LogP contribution >= 0.6 is 24.2 Å². The van der Waals surface area contributed by atoms with Crippen molar-refractivity contribution < 1.29 is 13.2 Å². The summed E-state index contributed by atoms with van der Waals surface area (Å²) in [4.78, 5) is 2.02. The SMILES string of the molecule is Cl.FC(F)(F)c1cccc(NNCl)c1. The molecule has 0 atom stereocenters. The highest BCUT2D eigenvalue weighted by Crippen LogP contribution is 2.30. The molecular formula is C7H7Cl2F3N2. The zero-order valence-corrected chi connectivity index (χ0v) is 8.30. The van der Waals surface area contributed by atoms with Gasteiger partial charge in [0.25, 0.3) is 0 Å². The maximum atomic E-state index is 12.1. The Morgan fingerprint density at radius 2 is 1.86 bits per heavy atom. The van der Waals surface area contributed by atoms with Crippen molar-refractivity contribution in [3.8, 4) is 0 Å². The molecular weight excluding hydrogens is 240 g/mol. The zero-order valence-electron chi connectivity index (χ0n) is 6.73. The van der Waals surface area contributed by atoms with Crippen LogP contribution in [0.25, 0.3) is 0 Å². The molecule has 1 aromatic rings. The summed E-state index contributed by atoms with van der Waals surface area (Å²) in [5, 5.41) is 0. The van der Waals surface area contributed by atoms with Gasteiger partial charge in [0, 0.05) is 0 Å². The maximum absolute atomic E-state index is 12.1. The average Bonchev–Trinajstić information content (AvgIpc) is 2.04. The number of halogens is 5. The minimum absolute atomic E-state index is 0. The third kappa shape index (κ3) is 3.61. The molecule has 1 aromatic carbocycles. The topological polar surface area (TPSA) is 24.1 Å². The van der Waals surface area contributed by atoms with E-state index in [0.29, 0.717) is 0 Å². The van der Waals surface area contributed by atoms with Gasteiger partial charge in [-0.2, -0.15) is 13.2 Å². The Labute approximate surface area is 89.9 Å². The van der Waals surface area contributed by atoms with Crippen LogP contribution in [0.5, 0.6) is 0 Å². The van der Waals surface area contributed by atoms with Crippen molar-refractivity contribution in [3.63, 3.8) is 0 Å².